The van der Waals surface area contributed by atoms with Crippen molar-refractivity contribution in [2.24, 2.45) is 0 Å². The van der Waals surface area contributed by atoms with Gasteiger partial charge in [-0.2, -0.15) is 0 Å². The Hall–Kier alpha value is -2.03. The average molecular weight is 230 g/mol. The van der Waals surface area contributed by atoms with Gasteiger partial charge in [-0.3, -0.25) is 0 Å². The maximum Gasteiger partial charge on any atom is 0.331 e. The molecule has 2 aliphatic heterocycles. The van der Waals surface area contributed by atoms with E-state index in [1.807, 2.05) is 37.3 Å². The number of ether oxygens (including phenoxy) is 2. The number of rotatable bonds is 0. The summed E-state index contributed by atoms with van der Waals surface area (Å²) >= 11 is 0. The lowest BCUT2D eigenvalue weighted by Gasteiger charge is -2.04. The number of benzene rings is 1. The van der Waals surface area contributed by atoms with Crippen LogP contribution in [0.1, 0.15) is 12.5 Å². The first-order chi connectivity index (χ1) is 8.24. The Morgan fingerprint density at radius 3 is 2.59 bits per heavy atom. The molecule has 0 saturated heterocycles. The first kappa shape index (κ1) is 11.5. The predicted octanol–water partition coefficient (Wildman–Crippen LogP) is 2.58. The van der Waals surface area contributed by atoms with Crippen LogP contribution in [0.4, 0.5) is 0 Å². The van der Waals surface area contributed by atoms with E-state index in [0.717, 1.165) is 16.9 Å². The Labute approximate surface area is 100 Å². The summed E-state index contributed by atoms with van der Waals surface area (Å²) in [6.45, 7) is 2.69. The van der Waals surface area contributed by atoms with Gasteiger partial charge >= 0.3 is 5.97 Å². The van der Waals surface area contributed by atoms with Crippen molar-refractivity contribution >= 4 is 12.0 Å². The number of carbonyl (C=O) groups is 1. The average Bonchev–Trinajstić information content (AvgIpc) is 2.36. The standard InChI is InChI=1S/C14H14O3/c1-11-8-9-16-13-5-2-12(3-6-13)4-7-14(15)17-10-11/h2-8H,9-10H2,1H3. The van der Waals surface area contributed by atoms with Gasteiger partial charge in [0.05, 0.1) is 0 Å². The van der Waals surface area contributed by atoms with Crippen molar-refractivity contribution in [3.63, 3.8) is 0 Å². The second kappa shape index (κ2) is 5.34. The Morgan fingerprint density at radius 1 is 1.06 bits per heavy atom. The van der Waals surface area contributed by atoms with Crippen LogP contribution >= 0.6 is 0 Å². The molecule has 2 bridgehead atoms. The highest BCUT2D eigenvalue weighted by Crippen LogP contribution is 2.14. The third-order valence-electron chi connectivity index (χ3n) is 2.42. The highest BCUT2D eigenvalue weighted by atomic mass is 16.5. The molecule has 3 heteroatoms. The molecule has 0 spiro atoms. The Balaban J connectivity index is 2.23. The lowest BCUT2D eigenvalue weighted by atomic mass is 10.2. The zero-order valence-corrected chi connectivity index (χ0v) is 9.68. The summed E-state index contributed by atoms with van der Waals surface area (Å²) in [6, 6.07) is 7.55. The third kappa shape index (κ3) is 3.48. The van der Waals surface area contributed by atoms with E-state index in [9.17, 15) is 4.79 Å². The van der Waals surface area contributed by atoms with Gasteiger partial charge < -0.3 is 9.47 Å². The van der Waals surface area contributed by atoms with Crippen molar-refractivity contribution in [1.82, 2.24) is 0 Å². The van der Waals surface area contributed by atoms with E-state index in [0.29, 0.717) is 13.2 Å². The topological polar surface area (TPSA) is 35.5 Å². The quantitative estimate of drug-likeness (QED) is 0.507. The second-order valence-electron chi connectivity index (χ2n) is 3.87. The maximum atomic E-state index is 11.4. The summed E-state index contributed by atoms with van der Waals surface area (Å²) in [7, 11) is 0. The van der Waals surface area contributed by atoms with Crippen molar-refractivity contribution < 1.29 is 14.3 Å². The van der Waals surface area contributed by atoms with E-state index in [1.54, 1.807) is 6.08 Å². The number of carbonyl (C=O) groups excluding carboxylic acids is 1. The first-order valence-electron chi connectivity index (χ1n) is 5.47. The zero-order chi connectivity index (χ0) is 12.1. The SMILES string of the molecule is CC1=CCOc2ccc(cc2)C=CC(=O)OC1. The van der Waals surface area contributed by atoms with Crippen LogP contribution in [0.15, 0.2) is 42.0 Å². The number of hydrogen-bond acceptors (Lipinski definition) is 3. The predicted molar refractivity (Wildman–Crippen MR) is 65.7 cm³/mol. The van der Waals surface area contributed by atoms with Gasteiger partial charge in [0, 0.05) is 6.08 Å². The Bertz CT molecular complexity index is 455. The molecule has 0 fully saturated rings. The van der Waals surface area contributed by atoms with Crippen molar-refractivity contribution in [2.75, 3.05) is 13.2 Å². The molecule has 1 aromatic carbocycles. The van der Waals surface area contributed by atoms with E-state index in [4.69, 9.17) is 9.47 Å². The van der Waals surface area contributed by atoms with Crippen LogP contribution in [-0.4, -0.2) is 19.2 Å². The Morgan fingerprint density at radius 2 is 1.82 bits per heavy atom. The lowest BCUT2D eigenvalue weighted by molar-refractivity contribution is -0.136. The first-order valence-corrected chi connectivity index (χ1v) is 5.47. The van der Waals surface area contributed by atoms with Gasteiger partial charge in [-0.25, -0.2) is 4.79 Å². The molecule has 0 N–H and O–H groups in total. The molecule has 3 rings (SSSR count). The van der Waals surface area contributed by atoms with E-state index >= 15 is 0 Å². The van der Waals surface area contributed by atoms with Gasteiger partial charge in [0.2, 0.25) is 0 Å². The fourth-order valence-electron chi connectivity index (χ4n) is 1.41. The van der Waals surface area contributed by atoms with Gasteiger partial charge in [0.1, 0.15) is 19.0 Å². The van der Waals surface area contributed by atoms with Crippen LogP contribution < -0.4 is 4.74 Å². The zero-order valence-electron chi connectivity index (χ0n) is 9.68. The highest BCUT2D eigenvalue weighted by Gasteiger charge is 2.00. The van der Waals surface area contributed by atoms with Gasteiger partial charge in [-0.15, -0.1) is 0 Å². The third-order valence-corrected chi connectivity index (χ3v) is 2.42. The summed E-state index contributed by atoms with van der Waals surface area (Å²) < 4.78 is 10.6. The molecular weight excluding hydrogens is 216 g/mol. The molecule has 2 heterocycles. The van der Waals surface area contributed by atoms with Crippen LogP contribution in [0.5, 0.6) is 5.75 Å². The molecule has 1 aromatic rings. The van der Waals surface area contributed by atoms with Crippen molar-refractivity contribution in [3.8, 4) is 5.75 Å². The molecule has 0 aromatic heterocycles. The molecule has 0 aliphatic carbocycles. The van der Waals surface area contributed by atoms with Crippen molar-refractivity contribution in [1.29, 1.82) is 0 Å². The minimum atomic E-state index is -0.331. The minimum Gasteiger partial charge on any atom is -0.490 e. The maximum absolute atomic E-state index is 11.4. The smallest absolute Gasteiger partial charge is 0.331 e. The molecule has 0 amide bonds. The van der Waals surface area contributed by atoms with Gasteiger partial charge in [0.15, 0.2) is 0 Å². The molecular formula is C14H14O3. The summed E-state index contributed by atoms with van der Waals surface area (Å²) in [5.74, 6) is 0.486. The van der Waals surface area contributed by atoms with Crippen LogP contribution in [0, 0.1) is 0 Å². The molecule has 0 atom stereocenters. The van der Waals surface area contributed by atoms with E-state index in [2.05, 4.69) is 0 Å². The molecule has 3 nitrogen and oxygen atoms in total. The summed E-state index contributed by atoms with van der Waals surface area (Å²) in [6.07, 6.45) is 5.06. The highest BCUT2D eigenvalue weighted by molar-refractivity contribution is 5.87. The van der Waals surface area contributed by atoms with Gasteiger partial charge in [0.25, 0.3) is 0 Å². The molecule has 0 saturated carbocycles. The number of esters is 1. The molecule has 88 valence electrons. The largest absolute Gasteiger partial charge is 0.490 e. The molecule has 17 heavy (non-hydrogen) atoms. The normalized spacial score (nSPS) is 16.1. The molecule has 0 radical (unpaired) electrons. The number of fused-ring (bicyclic) bond motifs is 8. The fourth-order valence-corrected chi connectivity index (χ4v) is 1.41. The van der Waals surface area contributed by atoms with Gasteiger partial charge in [-0.1, -0.05) is 12.1 Å². The molecule has 2 aliphatic rings. The van der Waals surface area contributed by atoms with E-state index in [1.165, 1.54) is 6.08 Å². The monoisotopic (exact) mass is 230 g/mol. The van der Waals surface area contributed by atoms with Crippen LogP contribution in [0.3, 0.4) is 0 Å². The number of hydrogen-bond donors (Lipinski definition) is 0. The van der Waals surface area contributed by atoms with E-state index in [-0.39, 0.29) is 5.97 Å². The van der Waals surface area contributed by atoms with Crippen molar-refractivity contribution in [3.05, 3.63) is 47.6 Å². The lowest BCUT2D eigenvalue weighted by Crippen LogP contribution is -2.04. The summed E-state index contributed by atoms with van der Waals surface area (Å²) in [5.41, 5.74) is 1.92. The molecule has 0 unspecified atom stereocenters. The second-order valence-corrected chi connectivity index (χ2v) is 3.87. The fraction of sp³-hybridized carbons (Fsp3) is 0.214. The van der Waals surface area contributed by atoms with Crippen LogP contribution in [0.2, 0.25) is 0 Å². The van der Waals surface area contributed by atoms with Crippen LogP contribution in [-0.2, 0) is 9.53 Å². The summed E-state index contributed by atoms with van der Waals surface area (Å²) in [4.78, 5) is 11.4. The van der Waals surface area contributed by atoms with Gasteiger partial charge in [-0.05, 0) is 42.3 Å². The summed E-state index contributed by atoms with van der Waals surface area (Å²) in [5, 5.41) is 0. The minimum absolute atomic E-state index is 0.304. The van der Waals surface area contributed by atoms with E-state index < -0.39 is 0 Å². The van der Waals surface area contributed by atoms with Crippen LogP contribution in [0.25, 0.3) is 6.08 Å². The van der Waals surface area contributed by atoms with Crippen molar-refractivity contribution in [2.45, 2.75) is 6.92 Å². The Kier molecular flexibility index (Phi) is 3.60.